The third kappa shape index (κ3) is 3.17. The summed E-state index contributed by atoms with van der Waals surface area (Å²) in [5.74, 6) is 0.801. The van der Waals surface area contributed by atoms with Gasteiger partial charge >= 0.3 is 5.69 Å². The fraction of sp³-hybridized carbons (Fsp3) is 0.316. The molecule has 6 heteroatoms. The van der Waals surface area contributed by atoms with Gasteiger partial charge in [-0.3, -0.25) is 4.57 Å². The number of ether oxygens (including phenoxy) is 1. The number of H-pyrrole nitrogens is 1. The first-order valence-corrected chi connectivity index (χ1v) is 8.46. The average molecular weight is 342 g/mol. The highest BCUT2D eigenvalue weighted by Crippen LogP contribution is 2.31. The quantitative estimate of drug-likeness (QED) is 0.762. The fourth-order valence-electron chi connectivity index (χ4n) is 3.48. The molecule has 0 bridgehead atoms. The lowest BCUT2D eigenvalue weighted by Crippen LogP contribution is -2.27. The van der Waals surface area contributed by atoms with Crippen LogP contribution in [-0.2, 0) is 0 Å². The largest absolute Gasteiger partial charge is 0.457 e. The van der Waals surface area contributed by atoms with Crippen molar-refractivity contribution in [2.75, 3.05) is 0 Å². The number of nitrogens with zero attached hydrogens (tertiary/aromatic N) is 1. The van der Waals surface area contributed by atoms with Crippen molar-refractivity contribution in [3.8, 4) is 11.5 Å². The molecule has 0 radical (unpaired) electrons. The molecule has 3 aromatic rings. The molecule has 1 fully saturated rings. The van der Waals surface area contributed by atoms with Crippen molar-refractivity contribution in [2.24, 2.45) is 0 Å². The minimum absolute atomic E-state index is 0.0747. The van der Waals surface area contributed by atoms with Gasteiger partial charge in [0.1, 0.15) is 17.3 Å². The number of hydrogen-bond acceptors (Lipinski definition) is 3. The highest BCUT2D eigenvalue weighted by Gasteiger charge is 2.23. The van der Waals surface area contributed by atoms with Crippen molar-refractivity contribution in [3.63, 3.8) is 0 Å². The van der Waals surface area contributed by atoms with Crippen LogP contribution in [0.4, 0.5) is 4.39 Å². The maximum atomic E-state index is 13.0. The summed E-state index contributed by atoms with van der Waals surface area (Å²) in [6.07, 6.45) is 2.69. The monoisotopic (exact) mass is 342 g/mol. The van der Waals surface area contributed by atoms with E-state index in [0.29, 0.717) is 24.3 Å². The standard InChI is InChI=1S/C19H19FN2O3/c20-12-1-7-15(8-2-12)25-16-9-10-17-18(11-16)22(19(24)21-17)13-3-5-14(23)6-4-13/h1-2,7-11,13-14,23H,3-6H2,(H,21,24). The zero-order valence-corrected chi connectivity index (χ0v) is 13.6. The normalized spacial score (nSPS) is 20.7. The molecule has 5 nitrogen and oxygen atoms in total. The van der Waals surface area contributed by atoms with Crippen LogP contribution in [0.3, 0.4) is 0 Å². The van der Waals surface area contributed by atoms with Gasteiger partial charge in [0.2, 0.25) is 0 Å². The molecule has 0 spiro atoms. The number of aromatic nitrogens is 2. The van der Waals surface area contributed by atoms with E-state index < -0.39 is 0 Å². The molecule has 2 aromatic carbocycles. The van der Waals surface area contributed by atoms with E-state index in [0.717, 1.165) is 23.9 Å². The van der Waals surface area contributed by atoms with Crippen LogP contribution in [0.5, 0.6) is 11.5 Å². The van der Waals surface area contributed by atoms with Gasteiger partial charge in [0.15, 0.2) is 0 Å². The van der Waals surface area contributed by atoms with Gasteiger partial charge in [0.25, 0.3) is 0 Å². The Kier molecular flexibility index (Phi) is 4.05. The summed E-state index contributed by atoms with van der Waals surface area (Å²) in [7, 11) is 0. The van der Waals surface area contributed by atoms with Crippen molar-refractivity contribution in [1.29, 1.82) is 0 Å². The molecule has 1 aliphatic carbocycles. The maximum Gasteiger partial charge on any atom is 0.326 e. The fourth-order valence-corrected chi connectivity index (χ4v) is 3.48. The molecule has 0 aliphatic heterocycles. The summed E-state index contributed by atoms with van der Waals surface area (Å²) in [6, 6.07) is 11.3. The summed E-state index contributed by atoms with van der Waals surface area (Å²) < 4.78 is 20.5. The Morgan fingerprint density at radius 3 is 2.44 bits per heavy atom. The van der Waals surface area contributed by atoms with Crippen LogP contribution in [0.1, 0.15) is 31.7 Å². The lowest BCUT2D eigenvalue weighted by atomic mass is 9.93. The van der Waals surface area contributed by atoms with Crippen molar-refractivity contribution in [1.82, 2.24) is 9.55 Å². The number of nitrogens with one attached hydrogen (secondary N) is 1. The predicted molar refractivity (Wildman–Crippen MR) is 92.5 cm³/mol. The molecular formula is C19H19FN2O3. The SMILES string of the molecule is O=c1[nH]c2ccc(Oc3ccc(F)cc3)cc2n1C1CCC(O)CC1. The topological polar surface area (TPSA) is 67.2 Å². The van der Waals surface area contributed by atoms with E-state index in [4.69, 9.17) is 4.74 Å². The van der Waals surface area contributed by atoms with Crippen LogP contribution in [0.15, 0.2) is 47.3 Å². The number of halogens is 1. The second-order valence-corrected chi connectivity index (χ2v) is 6.50. The first-order valence-electron chi connectivity index (χ1n) is 8.46. The predicted octanol–water partition coefficient (Wildman–Crippen LogP) is 3.74. The first kappa shape index (κ1) is 15.9. The molecule has 1 aromatic heterocycles. The summed E-state index contributed by atoms with van der Waals surface area (Å²) >= 11 is 0. The zero-order chi connectivity index (χ0) is 17.4. The van der Waals surface area contributed by atoms with E-state index >= 15 is 0 Å². The molecule has 130 valence electrons. The number of aliphatic hydroxyl groups excluding tert-OH is 1. The van der Waals surface area contributed by atoms with Crippen molar-refractivity contribution < 1.29 is 14.2 Å². The number of aromatic amines is 1. The zero-order valence-electron chi connectivity index (χ0n) is 13.6. The van der Waals surface area contributed by atoms with E-state index in [1.165, 1.54) is 12.1 Å². The van der Waals surface area contributed by atoms with Crippen LogP contribution in [-0.4, -0.2) is 20.8 Å². The van der Waals surface area contributed by atoms with Gasteiger partial charge in [0, 0.05) is 12.1 Å². The summed E-state index contributed by atoms with van der Waals surface area (Å²) in [4.78, 5) is 15.3. The average Bonchev–Trinajstić information content (AvgIpc) is 2.93. The van der Waals surface area contributed by atoms with Crippen LogP contribution in [0, 0.1) is 5.82 Å². The Balaban J connectivity index is 1.68. The first-order chi connectivity index (χ1) is 12.1. The van der Waals surface area contributed by atoms with E-state index in [-0.39, 0.29) is 23.7 Å². The Morgan fingerprint density at radius 2 is 1.72 bits per heavy atom. The lowest BCUT2D eigenvalue weighted by molar-refractivity contribution is 0.111. The third-order valence-corrected chi connectivity index (χ3v) is 4.77. The third-order valence-electron chi connectivity index (χ3n) is 4.77. The molecular weight excluding hydrogens is 323 g/mol. The molecule has 4 rings (SSSR count). The molecule has 0 saturated heterocycles. The Labute approximate surface area is 143 Å². The number of rotatable bonds is 3. The number of hydrogen-bond donors (Lipinski definition) is 2. The number of fused-ring (bicyclic) bond motifs is 1. The van der Waals surface area contributed by atoms with Crippen LogP contribution in [0.2, 0.25) is 0 Å². The van der Waals surface area contributed by atoms with Gasteiger partial charge in [-0.1, -0.05) is 0 Å². The van der Waals surface area contributed by atoms with Gasteiger partial charge in [-0.25, -0.2) is 9.18 Å². The number of benzene rings is 2. The van der Waals surface area contributed by atoms with E-state index in [2.05, 4.69) is 4.98 Å². The van der Waals surface area contributed by atoms with Crippen molar-refractivity contribution >= 4 is 11.0 Å². The molecule has 1 aliphatic rings. The maximum absolute atomic E-state index is 13.0. The van der Waals surface area contributed by atoms with Gasteiger partial charge < -0.3 is 14.8 Å². The highest BCUT2D eigenvalue weighted by molar-refractivity contribution is 5.77. The lowest BCUT2D eigenvalue weighted by Gasteiger charge is -2.26. The van der Waals surface area contributed by atoms with Crippen LogP contribution in [0.25, 0.3) is 11.0 Å². The summed E-state index contributed by atoms with van der Waals surface area (Å²) in [5, 5.41) is 9.69. The summed E-state index contributed by atoms with van der Waals surface area (Å²) in [6.45, 7) is 0. The van der Waals surface area contributed by atoms with E-state index in [9.17, 15) is 14.3 Å². The van der Waals surface area contributed by atoms with Crippen LogP contribution >= 0.6 is 0 Å². The second kappa shape index (κ2) is 6.37. The van der Waals surface area contributed by atoms with Gasteiger partial charge in [-0.05, 0) is 62.1 Å². The van der Waals surface area contributed by atoms with Crippen LogP contribution < -0.4 is 10.4 Å². The smallest absolute Gasteiger partial charge is 0.326 e. The van der Waals surface area contributed by atoms with E-state index in [1.54, 1.807) is 22.8 Å². The Morgan fingerprint density at radius 1 is 1.04 bits per heavy atom. The number of aliphatic hydroxyl groups is 1. The minimum Gasteiger partial charge on any atom is -0.457 e. The van der Waals surface area contributed by atoms with Gasteiger partial charge in [-0.15, -0.1) is 0 Å². The molecule has 0 amide bonds. The summed E-state index contributed by atoms with van der Waals surface area (Å²) in [5.41, 5.74) is 1.39. The van der Waals surface area contributed by atoms with E-state index in [1.807, 2.05) is 12.1 Å². The second-order valence-electron chi connectivity index (χ2n) is 6.50. The Hall–Kier alpha value is -2.60. The minimum atomic E-state index is -0.318. The Bertz CT molecular complexity index is 937. The molecule has 1 saturated carbocycles. The molecule has 0 atom stereocenters. The molecule has 1 heterocycles. The molecule has 2 N–H and O–H groups in total. The molecule has 25 heavy (non-hydrogen) atoms. The van der Waals surface area contributed by atoms with Gasteiger partial charge in [-0.2, -0.15) is 0 Å². The highest BCUT2D eigenvalue weighted by atomic mass is 19.1. The number of imidazole rings is 1. The van der Waals surface area contributed by atoms with Crippen molar-refractivity contribution in [3.05, 3.63) is 58.8 Å². The molecule has 0 unspecified atom stereocenters. The van der Waals surface area contributed by atoms with Crippen molar-refractivity contribution in [2.45, 2.75) is 37.8 Å². The van der Waals surface area contributed by atoms with Gasteiger partial charge in [0.05, 0.1) is 17.1 Å².